The highest BCUT2D eigenvalue weighted by atomic mass is 15.5. The topological polar surface area (TPSA) is 21.8 Å². The molecule has 4 heteroatoms. The second-order valence-electron chi connectivity index (χ2n) is 5.84. The van der Waals surface area contributed by atoms with E-state index in [-0.39, 0.29) is 0 Å². The number of hydrogen-bond donors (Lipinski definition) is 1. The predicted molar refractivity (Wildman–Crippen MR) is 75.6 cm³/mol. The largest absolute Gasteiger partial charge is 0.298 e. The van der Waals surface area contributed by atoms with Crippen LogP contribution in [0.1, 0.15) is 5.56 Å². The van der Waals surface area contributed by atoms with Crippen LogP contribution in [0, 0.1) is 0 Å². The molecule has 0 saturated carbocycles. The maximum Gasteiger partial charge on any atom is 0.0921 e. The number of nitrogens with one attached hydrogen (secondary N) is 1. The molecule has 3 aliphatic rings. The van der Waals surface area contributed by atoms with Crippen molar-refractivity contribution in [2.24, 2.45) is 0 Å². The summed E-state index contributed by atoms with van der Waals surface area (Å²) in [6.45, 7) is 8.29. The molecule has 3 fully saturated rings. The Morgan fingerprint density at radius 3 is 2.53 bits per heavy atom. The number of nitrogens with zero attached hydrogens (tertiary/aromatic N) is 3. The summed E-state index contributed by atoms with van der Waals surface area (Å²) in [5.41, 5.74) is 1.42. The third kappa shape index (κ3) is 2.09. The first kappa shape index (κ1) is 11.9. The molecule has 0 aromatic heterocycles. The van der Waals surface area contributed by atoms with Gasteiger partial charge in [-0.05, 0) is 5.56 Å². The minimum absolute atomic E-state index is 0.505. The maximum atomic E-state index is 3.73. The summed E-state index contributed by atoms with van der Waals surface area (Å²) in [5.74, 6) is 0. The van der Waals surface area contributed by atoms with Crippen molar-refractivity contribution in [3.8, 4) is 0 Å². The van der Waals surface area contributed by atoms with E-state index in [0.29, 0.717) is 12.3 Å². The fourth-order valence-electron chi connectivity index (χ4n) is 3.81. The van der Waals surface area contributed by atoms with Gasteiger partial charge in [0.1, 0.15) is 0 Å². The third-order valence-corrected chi connectivity index (χ3v) is 4.75. The Morgan fingerprint density at radius 1 is 0.947 bits per heavy atom. The van der Waals surface area contributed by atoms with Gasteiger partial charge in [0.15, 0.2) is 0 Å². The summed E-state index contributed by atoms with van der Waals surface area (Å²) in [4.78, 5) is 7.92. The zero-order chi connectivity index (χ0) is 12.7. The molecule has 4 nitrogen and oxygen atoms in total. The molecule has 3 saturated heterocycles. The highest BCUT2D eigenvalue weighted by Gasteiger charge is 2.45. The van der Waals surface area contributed by atoms with Crippen LogP contribution in [0.25, 0.3) is 0 Å². The lowest BCUT2D eigenvalue weighted by Crippen LogP contribution is -2.69. The SMILES string of the molecule is c1ccc(CN2CCN3CCN4CCNC2C43)cc1. The lowest BCUT2D eigenvalue weighted by atomic mass is 10.1. The fourth-order valence-corrected chi connectivity index (χ4v) is 3.81. The average Bonchev–Trinajstić information content (AvgIpc) is 2.88. The molecule has 1 aromatic rings. The van der Waals surface area contributed by atoms with Gasteiger partial charge in [0.2, 0.25) is 0 Å². The van der Waals surface area contributed by atoms with E-state index in [2.05, 4.69) is 50.3 Å². The van der Waals surface area contributed by atoms with Crippen LogP contribution >= 0.6 is 0 Å². The standard InChI is InChI=1S/C15H22N4/c1-2-4-13(5-3-1)12-19-11-10-18-9-8-17-7-6-16-14(19)15(17)18/h1-5,14-16H,6-12H2. The Labute approximate surface area is 115 Å². The Hall–Kier alpha value is -0.940. The summed E-state index contributed by atoms with van der Waals surface area (Å²) in [6, 6.07) is 10.9. The number of hydrogen-bond acceptors (Lipinski definition) is 4. The van der Waals surface area contributed by atoms with Gasteiger partial charge in [-0.3, -0.25) is 20.0 Å². The lowest BCUT2D eigenvalue weighted by molar-refractivity contribution is -0.0518. The molecule has 3 heterocycles. The Morgan fingerprint density at radius 2 is 1.68 bits per heavy atom. The molecular formula is C15H22N4. The van der Waals surface area contributed by atoms with E-state index in [4.69, 9.17) is 0 Å². The van der Waals surface area contributed by atoms with Crippen LogP contribution in [-0.2, 0) is 6.54 Å². The van der Waals surface area contributed by atoms with Gasteiger partial charge in [-0.15, -0.1) is 0 Å². The molecule has 102 valence electrons. The van der Waals surface area contributed by atoms with E-state index < -0.39 is 0 Å². The molecule has 19 heavy (non-hydrogen) atoms. The molecule has 0 aliphatic carbocycles. The molecule has 0 bridgehead atoms. The van der Waals surface area contributed by atoms with Crippen molar-refractivity contribution < 1.29 is 0 Å². The minimum atomic E-state index is 0.505. The van der Waals surface area contributed by atoms with Crippen molar-refractivity contribution in [1.29, 1.82) is 0 Å². The van der Waals surface area contributed by atoms with E-state index in [0.717, 1.165) is 13.1 Å². The Balaban J connectivity index is 1.53. The van der Waals surface area contributed by atoms with Crippen LogP contribution in [0.5, 0.6) is 0 Å². The summed E-state index contributed by atoms with van der Waals surface area (Å²) in [7, 11) is 0. The van der Waals surface area contributed by atoms with E-state index in [1.165, 1.54) is 38.3 Å². The number of rotatable bonds is 2. The van der Waals surface area contributed by atoms with Crippen LogP contribution in [0.3, 0.4) is 0 Å². The van der Waals surface area contributed by atoms with Crippen LogP contribution in [0.2, 0.25) is 0 Å². The number of benzene rings is 1. The monoisotopic (exact) mass is 258 g/mol. The first-order valence-electron chi connectivity index (χ1n) is 7.41. The van der Waals surface area contributed by atoms with E-state index in [1.807, 2.05) is 0 Å². The first-order chi connectivity index (χ1) is 9.42. The van der Waals surface area contributed by atoms with Gasteiger partial charge in [0, 0.05) is 45.8 Å². The Kier molecular flexibility index (Phi) is 3.04. The summed E-state index contributed by atoms with van der Waals surface area (Å²) in [5, 5.41) is 3.73. The zero-order valence-corrected chi connectivity index (χ0v) is 11.3. The highest BCUT2D eigenvalue weighted by Crippen LogP contribution is 2.26. The smallest absolute Gasteiger partial charge is 0.0921 e. The quantitative estimate of drug-likeness (QED) is 0.827. The molecular weight excluding hydrogens is 236 g/mol. The van der Waals surface area contributed by atoms with Crippen molar-refractivity contribution in [3.05, 3.63) is 35.9 Å². The second kappa shape index (κ2) is 4.87. The highest BCUT2D eigenvalue weighted by molar-refractivity contribution is 5.15. The fraction of sp³-hybridized carbons (Fsp3) is 0.600. The predicted octanol–water partition coefficient (Wildman–Crippen LogP) is 0.375. The van der Waals surface area contributed by atoms with Crippen molar-refractivity contribution in [1.82, 2.24) is 20.0 Å². The van der Waals surface area contributed by atoms with Gasteiger partial charge < -0.3 is 0 Å². The summed E-state index contributed by atoms with van der Waals surface area (Å²) >= 11 is 0. The van der Waals surface area contributed by atoms with Crippen LogP contribution < -0.4 is 5.32 Å². The van der Waals surface area contributed by atoms with Crippen molar-refractivity contribution in [2.75, 3.05) is 39.3 Å². The molecule has 0 radical (unpaired) electrons. The van der Waals surface area contributed by atoms with E-state index >= 15 is 0 Å². The van der Waals surface area contributed by atoms with Gasteiger partial charge in [-0.1, -0.05) is 30.3 Å². The lowest BCUT2D eigenvalue weighted by Gasteiger charge is -2.50. The van der Waals surface area contributed by atoms with Crippen molar-refractivity contribution in [3.63, 3.8) is 0 Å². The molecule has 1 aromatic carbocycles. The molecule has 3 aliphatic heterocycles. The van der Waals surface area contributed by atoms with Crippen LogP contribution in [0.15, 0.2) is 30.3 Å². The van der Waals surface area contributed by atoms with Gasteiger partial charge in [0.25, 0.3) is 0 Å². The first-order valence-corrected chi connectivity index (χ1v) is 7.41. The Bertz CT molecular complexity index is 429. The van der Waals surface area contributed by atoms with E-state index in [1.54, 1.807) is 0 Å². The summed E-state index contributed by atoms with van der Waals surface area (Å²) < 4.78 is 0. The van der Waals surface area contributed by atoms with Crippen LogP contribution in [-0.4, -0.2) is 66.3 Å². The zero-order valence-electron chi connectivity index (χ0n) is 11.3. The molecule has 1 N–H and O–H groups in total. The maximum absolute atomic E-state index is 3.73. The second-order valence-corrected chi connectivity index (χ2v) is 5.84. The van der Waals surface area contributed by atoms with Gasteiger partial charge in [0.05, 0.1) is 12.3 Å². The molecule has 4 rings (SSSR count). The third-order valence-electron chi connectivity index (χ3n) is 4.75. The minimum Gasteiger partial charge on any atom is -0.298 e. The molecule has 0 spiro atoms. The normalized spacial score (nSPS) is 32.4. The van der Waals surface area contributed by atoms with Crippen molar-refractivity contribution in [2.45, 2.75) is 18.9 Å². The van der Waals surface area contributed by atoms with Gasteiger partial charge >= 0.3 is 0 Å². The summed E-state index contributed by atoms with van der Waals surface area (Å²) in [6.07, 6.45) is 1.11. The van der Waals surface area contributed by atoms with E-state index in [9.17, 15) is 0 Å². The van der Waals surface area contributed by atoms with Gasteiger partial charge in [-0.25, -0.2) is 0 Å². The molecule has 2 atom stereocenters. The van der Waals surface area contributed by atoms with Gasteiger partial charge in [-0.2, -0.15) is 0 Å². The van der Waals surface area contributed by atoms with Crippen LogP contribution in [0.4, 0.5) is 0 Å². The molecule has 0 amide bonds. The molecule has 2 unspecified atom stereocenters. The van der Waals surface area contributed by atoms with Crippen molar-refractivity contribution >= 4 is 0 Å². The average molecular weight is 258 g/mol. The number of piperazine rings is 2.